The van der Waals surface area contributed by atoms with Gasteiger partial charge in [0.1, 0.15) is 5.52 Å². The van der Waals surface area contributed by atoms with E-state index in [1.807, 2.05) is 59.3 Å². The summed E-state index contributed by atoms with van der Waals surface area (Å²) in [6.07, 6.45) is 3.73. The van der Waals surface area contributed by atoms with E-state index in [1.54, 1.807) is 6.20 Å². The van der Waals surface area contributed by atoms with Crippen LogP contribution < -0.4 is 21.5 Å². The van der Waals surface area contributed by atoms with Crippen LogP contribution in [0.3, 0.4) is 0 Å². The number of benzene rings is 2. The molecule has 0 fully saturated rings. The monoisotopic (exact) mass is 456 g/mol. The van der Waals surface area contributed by atoms with Crippen LogP contribution in [0.1, 0.15) is 10.4 Å². The molecule has 5 heteroatoms. The second-order valence-corrected chi connectivity index (χ2v) is 6.56. The fraction of sp³-hybridized carbons (Fsp3) is 0.0500. The van der Waals surface area contributed by atoms with Crippen LogP contribution >= 0.6 is 15.9 Å². The lowest BCUT2D eigenvalue weighted by Gasteiger charge is -2.04. The number of Topliss-reactive ketones (excluding diaryl/α,β-unsaturated/α-hetero) is 1. The molecular weight excluding hydrogens is 444 g/mol. The summed E-state index contributed by atoms with van der Waals surface area (Å²) in [6.45, 7) is 0.286. The zero-order valence-corrected chi connectivity index (χ0v) is 16.4. The van der Waals surface area contributed by atoms with Crippen LogP contribution in [-0.4, -0.2) is 10.8 Å². The van der Waals surface area contributed by atoms with Crippen LogP contribution in [0.4, 0.5) is 0 Å². The van der Waals surface area contributed by atoms with Crippen molar-refractivity contribution in [3.63, 3.8) is 0 Å². The molecule has 0 N–H and O–H groups in total. The van der Waals surface area contributed by atoms with Crippen molar-refractivity contribution < 1.29 is 26.3 Å². The Bertz CT molecular complexity index is 1060. The van der Waals surface area contributed by atoms with Gasteiger partial charge in [0.05, 0.1) is 0 Å². The lowest BCUT2D eigenvalue weighted by atomic mass is 10.1. The molecule has 3 nitrogen and oxygen atoms in total. The van der Waals surface area contributed by atoms with Gasteiger partial charge in [-0.05, 0) is 30.3 Å². The predicted octanol–water partition coefficient (Wildman–Crippen LogP) is 1.32. The summed E-state index contributed by atoms with van der Waals surface area (Å²) >= 11 is 3.40. The first-order valence-corrected chi connectivity index (χ1v) is 8.46. The van der Waals surface area contributed by atoms with Crippen LogP contribution in [0.2, 0.25) is 0 Å². The maximum Gasteiger partial charge on any atom is 0.239 e. The van der Waals surface area contributed by atoms with Gasteiger partial charge in [0.15, 0.2) is 6.20 Å². The molecule has 0 atom stereocenters. The Morgan fingerprint density at radius 3 is 2.48 bits per heavy atom. The molecule has 0 saturated heterocycles. The van der Waals surface area contributed by atoms with E-state index in [-0.39, 0.29) is 29.3 Å². The fourth-order valence-electron chi connectivity index (χ4n) is 2.92. The van der Waals surface area contributed by atoms with Crippen LogP contribution in [-0.2, 0) is 6.54 Å². The van der Waals surface area contributed by atoms with E-state index in [1.165, 1.54) is 0 Å². The highest BCUT2D eigenvalue weighted by Gasteiger charge is 2.18. The highest BCUT2D eigenvalue weighted by molar-refractivity contribution is 9.10. The molecule has 0 unspecified atom stereocenters. The molecule has 4 aromatic rings. The average molecular weight is 458 g/mol. The largest absolute Gasteiger partial charge is 1.00 e. The number of carbonyl (C=O) groups excluding carboxylic acids is 1. The van der Waals surface area contributed by atoms with Gasteiger partial charge in [-0.1, -0.05) is 40.2 Å². The summed E-state index contributed by atoms with van der Waals surface area (Å²) in [5.74, 6) is 0.0768. The number of carbonyl (C=O) groups is 1. The van der Waals surface area contributed by atoms with Crippen LogP contribution in [0, 0.1) is 0 Å². The second-order valence-electron chi connectivity index (χ2n) is 5.64. The van der Waals surface area contributed by atoms with Gasteiger partial charge in [-0.3, -0.25) is 4.79 Å². The van der Waals surface area contributed by atoms with Gasteiger partial charge >= 0.3 is 0 Å². The fourth-order valence-corrected chi connectivity index (χ4v) is 3.18. The van der Waals surface area contributed by atoms with E-state index in [9.17, 15) is 4.79 Å². The van der Waals surface area contributed by atoms with E-state index in [4.69, 9.17) is 0 Å². The number of hydrogen-bond acceptors (Lipinski definition) is 2. The van der Waals surface area contributed by atoms with Gasteiger partial charge in [-0.15, -0.1) is 0 Å². The van der Waals surface area contributed by atoms with E-state index in [0.717, 1.165) is 26.3 Å². The Balaban J connectivity index is 0.00000182. The normalized spacial score (nSPS) is 10.6. The minimum absolute atomic E-state index is 0. The molecule has 2 aromatic heterocycles. The first kappa shape index (κ1) is 17.7. The van der Waals surface area contributed by atoms with Crippen molar-refractivity contribution in [1.82, 2.24) is 4.98 Å². The number of pyridine rings is 2. The molecule has 124 valence electrons. The Hall–Kier alpha value is -2.11. The average Bonchev–Trinajstić information content (AvgIpc) is 2.62. The molecule has 0 saturated carbocycles. The molecule has 25 heavy (non-hydrogen) atoms. The zero-order chi connectivity index (χ0) is 16.5. The number of ketones is 1. The first-order chi connectivity index (χ1) is 11.7. The summed E-state index contributed by atoms with van der Waals surface area (Å²) in [6, 6.07) is 19.6. The maximum absolute atomic E-state index is 12.6. The van der Waals surface area contributed by atoms with Crippen molar-refractivity contribution in [3.05, 3.63) is 83.1 Å². The molecule has 4 rings (SSSR count). The van der Waals surface area contributed by atoms with Gasteiger partial charge in [0.25, 0.3) is 0 Å². The summed E-state index contributed by atoms with van der Waals surface area (Å²) in [5, 5.41) is 2.15. The van der Waals surface area contributed by atoms with Crippen molar-refractivity contribution in [1.29, 1.82) is 0 Å². The highest BCUT2D eigenvalue weighted by atomic mass is 79.9. The third-order valence-electron chi connectivity index (χ3n) is 4.09. The van der Waals surface area contributed by atoms with E-state index < -0.39 is 0 Å². The summed E-state index contributed by atoms with van der Waals surface area (Å²) in [4.78, 5) is 17.2. The van der Waals surface area contributed by atoms with Crippen molar-refractivity contribution in [2.45, 2.75) is 6.54 Å². The second kappa shape index (κ2) is 7.42. The van der Waals surface area contributed by atoms with Gasteiger partial charge in [-0.2, -0.15) is 4.57 Å². The molecule has 0 amide bonds. The number of aromatic nitrogens is 2. The Morgan fingerprint density at radius 1 is 0.960 bits per heavy atom. The summed E-state index contributed by atoms with van der Waals surface area (Å²) < 4.78 is 2.95. The molecular formula is C20H14Br2N2O. The molecule has 0 spiro atoms. The smallest absolute Gasteiger partial charge is 0.239 e. The number of fused-ring (bicyclic) bond motifs is 3. The van der Waals surface area contributed by atoms with Crippen LogP contribution in [0.15, 0.2) is 77.5 Å². The number of hydrogen-bond donors (Lipinski definition) is 0. The van der Waals surface area contributed by atoms with Crippen molar-refractivity contribution >= 4 is 43.5 Å². The molecule has 0 aliphatic heterocycles. The number of halogens is 2. The van der Waals surface area contributed by atoms with E-state index in [2.05, 4.69) is 33.0 Å². The van der Waals surface area contributed by atoms with Crippen molar-refractivity contribution in [3.8, 4) is 0 Å². The van der Waals surface area contributed by atoms with Gasteiger partial charge in [0.2, 0.25) is 17.8 Å². The molecule has 2 aromatic carbocycles. The highest BCUT2D eigenvalue weighted by Crippen LogP contribution is 2.20. The maximum atomic E-state index is 12.6. The van der Waals surface area contributed by atoms with Crippen LogP contribution in [0.5, 0.6) is 0 Å². The van der Waals surface area contributed by atoms with Gasteiger partial charge in [0, 0.05) is 33.1 Å². The number of rotatable bonds is 3. The Labute approximate surface area is 164 Å². The lowest BCUT2D eigenvalue weighted by Crippen LogP contribution is -3.00. The van der Waals surface area contributed by atoms with Gasteiger partial charge < -0.3 is 17.0 Å². The Kier molecular flexibility index (Phi) is 5.25. The lowest BCUT2D eigenvalue weighted by molar-refractivity contribution is -0.656. The molecule has 0 aliphatic carbocycles. The Morgan fingerprint density at radius 2 is 1.68 bits per heavy atom. The number of nitrogens with zero attached hydrogens (tertiary/aromatic N) is 2. The molecule has 0 bridgehead atoms. The third kappa shape index (κ3) is 3.48. The molecule has 0 radical (unpaired) electrons. The summed E-state index contributed by atoms with van der Waals surface area (Å²) in [7, 11) is 0. The van der Waals surface area contributed by atoms with E-state index in [0.29, 0.717) is 5.56 Å². The standard InChI is InChI=1S/C20H14BrN2O.BrH/c21-17-9-7-14(8-10-17)18(24)13-23-12-2-4-16-6-5-15-3-1-11-22-19(15)20(16)23;/h1-12H,13H2;1H/q+1;/p-1. The van der Waals surface area contributed by atoms with Crippen molar-refractivity contribution in [2.24, 2.45) is 0 Å². The first-order valence-electron chi connectivity index (χ1n) is 7.67. The zero-order valence-electron chi connectivity index (χ0n) is 13.2. The van der Waals surface area contributed by atoms with Crippen LogP contribution in [0.25, 0.3) is 21.8 Å². The SMILES string of the molecule is O=C(C[n+]1cccc2ccc3cccnc3c21)c1ccc(Br)cc1.[Br-]. The van der Waals surface area contributed by atoms with Gasteiger partial charge in [-0.25, -0.2) is 4.98 Å². The van der Waals surface area contributed by atoms with E-state index >= 15 is 0 Å². The topological polar surface area (TPSA) is 33.8 Å². The quantitative estimate of drug-likeness (QED) is 0.264. The minimum Gasteiger partial charge on any atom is -1.00 e. The van der Waals surface area contributed by atoms with Crippen molar-refractivity contribution in [2.75, 3.05) is 0 Å². The minimum atomic E-state index is 0. The third-order valence-corrected chi connectivity index (χ3v) is 4.62. The molecule has 0 aliphatic rings. The predicted molar refractivity (Wildman–Crippen MR) is 97.9 cm³/mol. The molecule has 2 heterocycles. The summed E-state index contributed by atoms with van der Waals surface area (Å²) in [5.41, 5.74) is 2.61.